The van der Waals surface area contributed by atoms with Crippen LogP contribution in [0.5, 0.6) is 0 Å². The number of hydrogen-bond acceptors (Lipinski definition) is 5. The number of ether oxygens (including phenoxy) is 1. The maximum atomic E-state index is 12.2. The number of alkyl halides is 3. The van der Waals surface area contributed by atoms with E-state index in [-0.39, 0.29) is 11.1 Å². The third-order valence-corrected chi connectivity index (χ3v) is 2.72. The third kappa shape index (κ3) is 3.93. The van der Waals surface area contributed by atoms with Crippen LogP contribution in [0.25, 0.3) is 0 Å². The van der Waals surface area contributed by atoms with Crippen LogP contribution in [0.15, 0.2) is 18.2 Å². The van der Waals surface area contributed by atoms with Crippen molar-refractivity contribution in [3.8, 4) is 0 Å². The van der Waals surface area contributed by atoms with Crippen molar-refractivity contribution in [1.82, 2.24) is 5.32 Å². The minimum absolute atomic E-state index is 0.132. The number of carbonyl (C=O) groups excluding carboxylic acids is 2. The number of carbonyl (C=O) groups is 2. The topological polar surface area (TPSA) is 98.5 Å². The number of benzene rings is 1. The van der Waals surface area contributed by atoms with Gasteiger partial charge in [-0.3, -0.25) is 14.9 Å². The molecule has 0 aromatic heterocycles. The molecule has 0 saturated carbocycles. The number of nitrogens with zero attached hydrogens (tertiary/aromatic N) is 1. The number of nitro groups is 1. The number of methoxy groups -OCH3 is 1. The lowest BCUT2D eigenvalue weighted by Gasteiger charge is -2.16. The number of nitrogens with one attached hydrogen (secondary N) is 1. The number of rotatable bonds is 4. The molecule has 1 aromatic carbocycles. The first-order chi connectivity index (χ1) is 10.1. The molecule has 0 radical (unpaired) electrons. The lowest BCUT2D eigenvalue weighted by molar-refractivity contribution is -0.385. The molecule has 0 bridgehead atoms. The van der Waals surface area contributed by atoms with Crippen molar-refractivity contribution >= 4 is 17.6 Å². The van der Waals surface area contributed by atoms with Crippen LogP contribution < -0.4 is 5.32 Å². The number of halogens is 3. The van der Waals surface area contributed by atoms with E-state index in [0.29, 0.717) is 0 Å². The fourth-order valence-electron chi connectivity index (χ4n) is 1.67. The number of hydrogen-bond donors (Lipinski definition) is 1. The monoisotopic (exact) mass is 320 g/mol. The molecule has 1 N–H and O–H groups in total. The molecule has 0 saturated heterocycles. The molecule has 0 fully saturated rings. The van der Waals surface area contributed by atoms with E-state index in [0.717, 1.165) is 32.2 Å². The van der Waals surface area contributed by atoms with Crippen molar-refractivity contribution in [2.75, 3.05) is 7.11 Å². The Kier molecular flexibility index (Phi) is 5.07. The first-order valence-electron chi connectivity index (χ1n) is 5.82. The Morgan fingerprint density at radius 2 is 1.95 bits per heavy atom. The Balaban J connectivity index is 3.16. The standard InChI is InChI=1S/C12H11F3N2O5/c1-6(16-11(19)12(13,14)15)8-4-3-7(10(18)22-2)5-9(8)17(20)21/h3-6H,1-2H3,(H,16,19)/t6-/m1/s1. The lowest BCUT2D eigenvalue weighted by Crippen LogP contribution is -2.38. The fourth-order valence-corrected chi connectivity index (χ4v) is 1.67. The summed E-state index contributed by atoms with van der Waals surface area (Å²) in [6.45, 7) is 1.16. The minimum Gasteiger partial charge on any atom is -0.465 e. The molecule has 120 valence electrons. The first-order valence-corrected chi connectivity index (χ1v) is 5.82. The molecule has 1 aromatic rings. The highest BCUT2D eigenvalue weighted by molar-refractivity contribution is 5.90. The zero-order valence-electron chi connectivity index (χ0n) is 11.4. The minimum atomic E-state index is -5.10. The summed E-state index contributed by atoms with van der Waals surface area (Å²) in [7, 11) is 1.08. The number of esters is 1. The normalized spacial score (nSPS) is 12.4. The van der Waals surface area contributed by atoms with Gasteiger partial charge in [0.15, 0.2) is 0 Å². The van der Waals surface area contributed by atoms with Crippen LogP contribution in [-0.4, -0.2) is 30.1 Å². The molecule has 0 aliphatic carbocycles. The average molecular weight is 320 g/mol. The molecule has 0 heterocycles. The van der Waals surface area contributed by atoms with Gasteiger partial charge in [0, 0.05) is 6.07 Å². The molecule has 1 rings (SSSR count). The van der Waals surface area contributed by atoms with Crippen LogP contribution in [0.3, 0.4) is 0 Å². The number of nitro benzene ring substituents is 1. The Labute approximate surface area is 122 Å². The van der Waals surface area contributed by atoms with Gasteiger partial charge < -0.3 is 10.1 Å². The largest absolute Gasteiger partial charge is 0.471 e. The van der Waals surface area contributed by atoms with E-state index in [9.17, 15) is 32.9 Å². The van der Waals surface area contributed by atoms with E-state index in [4.69, 9.17) is 0 Å². The average Bonchev–Trinajstić information content (AvgIpc) is 2.44. The molecule has 22 heavy (non-hydrogen) atoms. The van der Waals surface area contributed by atoms with E-state index < -0.39 is 34.7 Å². The van der Waals surface area contributed by atoms with Gasteiger partial charge in [0.25, 0.3) is 5.69 Å². The van der Waals surface area contributed by atoms with Crippen molar-refractivity contribution in [3.05, 3.63) is 39.4 Å². The summed E-state index contributed by atoms with van der Waals surface area (Å²) in [5.74, 6) is -3.05. The van der Waals surface area contributed by atoms with Crippen molar-refractivity contribution in [2.24, 2.45) is 0 Å². The molecule has 1 atom stereocenters. The molecule has 0 aliphatic rings. The van der Waals surface area contributed by atoms with Crippen molar-refractivity contribution in [1.29, 1.82) is 0 Å². The fraction of sp³-hybridized carbons (Fsp3) is 0.333. The van der Waals surface area contributed by atoms with Crippen LogP contribution in [0.2, 0.25) is 0 Å². The SMILES string of the molecule is COC(=O)c1ccc([C@@H](C)NC(=O)C(F)(F)F)c([N+](=O)[O-])c1. The smallest absolute Gasteiger partial charge is 0.465 e. The second-order valence-corrected chi connectivity index (χ2v) is 4.22. The molecule has 0 unspecified atom stereocenters. The molecule has 1 amide bonds. The van der Waals surface area contributed by atoms with Gasteiger partial charge in [0.05, 0.1) is 29.2 Å². The van der Waals surface area contributed by atoms with Gasteiger partial charge in [-0.25, -0.2) is 4.79 Å². The van der Waals surface area contributed by atoms with E-state index in [1.54, 1.807) is 5.32 Å². The summed E-state index contributed by atoms with van der Waals surface area (Å²) in [6, 6.07) is 1.84. The van der Waals surface area contributed by atoms with Crippen LogP contribution in [0.1, 0.15) is 28.9 Å². The zero-order valence-corrected chi connectivity index (χ0v) is 11.4. The van der Waals surface area contributed by atoms with Crippen LogP contribution in [-0.2, 0) is 9.53 Å². The van der Waals surface area contributed by atoms with Crippen LogP contribution in [0.4, 0.5) is 18.9 Å². The quantitative estimate of drug-likeness (QED) is 0.520. The highest BCUT2D eigenvalue weighted by Gasteiger charge is 2.40. The van der Waals surface area contributed by atoms with Crippen molar-refractivity contribution in [3.63, 3.8) is 0 Å². The highest BCUT2D eigenvalue weighted by Crippen LogP contribution is 2.27. The first kappa shape index (κ1) is 17.4. The second kappa shape index (κ2) is 6.41. The Morgan fingerprint density at radius 3 is 2.41 bits per heavy atom. The maximum absolute atomic E-state index is 12.2. The molecule has 0 spiro atoms. The summed E-state index contributed by atoms with van der Waals surface area (Å²) in [5, 5.41) is 12.6. The summed E-state index contributed by atoms with van der Waals surface area (Å²) >= 11 is 0. The predicted molar refractivity (Wildman–Crippen MR) is 67.0 cm³/mol. The summed E-state index contributed by atoms with van der Waals surface area (Å²) < 4.78 is 41.0. The molecular formula is C12H11F3N2O5. The zero-order chi connectivity index (χ0) is 17.1. The Morgan fingerprint density at radius 1 is 1.36 bits per heavy atom. The van der Waals surface area contributed by atoms with Crippen molar-refractivity contribution in [2.45, 2.75) is 19.1 Å². The van der Waals surface area contributed by atoms with E-state index in [1.165, 1.54) is 0 Å². The summed E-state index contributed by atoms with van der Waals surface area (Å²) in [4.78, 5) is 32.3. The van der Waals surface area contributed by atoms with Gasteiger partial charge in [-0.05, 0) is 19.1 Å². The van der Waals surface area contributed by atoms with E-state index >= 15 is 0 Å². The Hall–Kier alpha value is -2.65. The number of amides is 1. The summed E-state index contributed by atoms with van der Waals surface area (Å²) in [5.41, 5.74) is -0.902. The van der Waals surface area contributed by atoms with E-state index in [2.05, 4.69) is 4.74 Å². The van der Waals surface area contributed by atoms with Gasteiger partial charge >= 0.3 is 18.1 Å². The van der Waals surface area contributed by atoms with Gasteiger partial charge in [0.1, 0.15) is 0 Å². The third-order valence-electron chi connectivity index (χ3n) is 2.72. The molecular weight excluding hydrogens is 309 g/mol. The van der Waals surface area contributed by atoms with Crippen molar-refractivity contribution < 1.29 is 32.4 Å². The molecule has 7 nitrogen and oxygen atoms in total. The van der Waals surface area contributed by atoms with Gasteiger partial charge in [-0.2, -0.15) is 13.2 Å². The maximum Gasteiger partial charge on any atom is 0.471 e. The van der Waals surface area contributed by atoms with Gasteiger partial charge in [0.2, 0.25) is 0 Å². The highest BCUT2D eigenvalue weighted by atomic mass is 19.4. The van der Waals surface area contributed by atoms with Gasteiger partial charge in [-0.15, -0.1) is 0 Å². The molecule has 0 aliphatic heterocycles. The second-order valence-electron chi connectivity index (χ2n) is 4.22. The van der Waals surface area contributed by atoms with E-state index in [1.807, 2.05) is 0 Å². The predicted octanol–water partition coefficient (Wildman–Crippen LogP) is 2.12. The summed E-state index contributed by atoms with van der Waals surface area (Å²) in [6.07, 6.45) is -5.10. The van der Waals surface area contributed by atoms with Crippen LogP contribution in [0, 0.1) is 10.1 Å². The van der Waals surface area contributed by atoms with Gasteiger partial charge in [-0.1, -0.05) is 0 Å². The Bertz CT molecular complexity index is 615. The molecule has 10 heteroatoms. The van der Waals surface area contributed by atoms with Crippen LogP contribution >= 0.6 is 0 Å². The lowest BCUT2D eigenvalue weighted by atomic mass is 10.0.